The molecule has 0 saturated heterocycles. The van der Waals surface area contributed by atoms with Crippen molar-refractivity contribution in [2.24, 2.45) is 0 Å². The van der Waals surface area contributed by atoms with Crippen LogP contribution in [0.25, 0.3) is 10.2 Å². The second-order valence-electron chi connectivity index (χ2n) is 4.49. The quantitative estimate of drug-likeness (QED) is 0.723. The third-order valence-corrected chi connectivity index (χ3v) is 3.95. The van der Waals surface area contributed by atoms with E-state index in [4.69, 9.17) is 0 Å². The molecule has 9 heteroatoms. The first-order valence-electron chi connectivity index (χ1n) is 6.30. The lowest BCUT2D eigenvalue weighted by Gasteiger charge is -2.14. The molecule has 3 rings (SSSR count). The molecule has 3 aromatic rings. The number of aromatic nitrogens is 3. The SMILES string of the molecule is C[C@H](Nc1nc(C(=O)O)c2sccc2n1)c1cccnc1.Cl.Cl. The first-order chi connectivity index (χ1) is 10.1. The maximum absolute atomic E-state index is 11.3. The molecule has 0 radical (unpaired) electrons. The first kappa shape index (κ1) is 19.1. The summed E-state index contributed by atoms with van der Waals surface area (Å²) in [5.74, 6) is -0.753. The monoisotopic (exact) mass is 372 g/mol. The summed E-state index contributed by atoms with van der Waals surface area (Å²) in [5, 5.41) is 14.2. The van der Waals surface area contributed by atoms with E-state index in [2.05, 4.69) is 20.3 Å². The highest BCUT2D eigenvalue weighted by Crippen LogP contribution is 2.25. The van der Waals surface area contributed by atoms with Gasteiger partial charge in [0.2, 0.25) is 5.95 Å². The highest BCUT2D eigenvalue weighted by Gasteiger charge is 2.16. The van der Waals surface area contributed by atoms with Crippen LogP contribution in [0.2, 0.25) is 0 Å². The summed E-state index contributed by atoms with van der Waals surface area (Å²) in [4.78, 5) is 23.8. The van der Waals surface area contributed by atoms with Crippen molar-refractivity contribution >= 4 is 58.3 Å². The Morgan fingerprint density at radius 3 is 2.74 bits per heavy atom. The van der Waals surface area contributed by atoms with Crippen LogP contribution in [0.5, 0.6) is 0 Å². The molecular weight excluding hydrogens is 359 g/mol. The number of hydrogen-bond donors (Lipinski definition) is 2. The summed E-state index contributed by atoms with van der Waals surface area (Å²) in [5.41, 5.74) is 1.63. The lowest BCUT2D eigenvalue weighted by atomic mass is 10.1. The molecular formula is C14H14Cl2N4O2S. The van der Waals surface area contributed by atoms with Gasteiger partial charge in [0.15, 0.2) is 5.69 Å². The van der Waals surface area contributed by atoms with Gasteiger partial charge in [0.25, 0.3) is 0 Å². The Labute approximate surface area is 148 Å². The number of fused-ring (bicyclic) bond motifs is 1. The summed E-state index contributed by atoms with van der Waals surface area (Å²) >= 11 is 1.32. The van der Waals surface area contributed by atoms with Crippen LogP contribution in [-0.2, 0) is 0 Å². The summed E-state index contributed by atoms with van der Waals surface area (Å²) in [6.07, 6.45) is 3.45. The number of anilines is 1. The molecule has 0 aliphatic heterocycles. The smallest absolute Gasteiger partial charge is 0.356 e. The number of carboxylic acids is 1. The lowest BCUT2D eigenvalue weighted by molar-refractivity contribution is 0.0693. The molecule has 0 aromatic carbocycles. The molecule has 0 fully saturated rings. The van der Waals surface area contributed by atoms with E-state index in [9.17, 15) is 9.90 Å². The second kappa shape index (κ2) is 8.05. The maximum Gasteiger partial charge on any atom is 0.356 e. The van der Waals surface area contributed by atoms with Crippen LogP contribution in [0.3, 0.4) is 0 Å². The molecule has 2 N–H and O–H groups in total. The molecule has 6 nitrogen and oxygen atoms in total. The third-order valence-electron chi connectivity index (χ3n) is 3.04. The molecule has 0 aliphatic carbocycles. The number of halogens is 2. The van der Waals surface area contributed by atoms with Crippen LogP contribution in [0, 0.1) is 0 Å². The van der Waals surface area contributed by atoms with Crippen LogP contribution < -0.4 is 5.32 Å². The number of carbonyl (C=O) groups is 1. The predicted molar refractivity (Wildman–Crippen MR) is 95.1 cm³/mol. The first-order valence-corrected chi connectivity index (χ1v) is 7.18. The summed E-state index contributed by atoms with van der Waals surface area (Å²) in [6, 6.07) is 5.50. The van der Waals surface area contributed by atoms with Crippen molar-refractivity contribution in [2.45, 2.75) is 13.0 Å². The third kappa shape index (κ3) is 4.07. The molecule has 122 valence electrons. The van der Waals surface area contributed by atoms with Gasteiger partial charge in [-0.25, -0.2) is 14.8 Å². The molecule has 0 aliphatic rings. The molecule has 3 heterocycles. The number of carboxylic acid groups (broad SMARTS) is 1. The number of hydrogen-bond acceptors (Lipinski definition) is 6. The highest BCUT2D eigenvalue weighted by atomic mass is 35.5. The number of rotatable bonds is 4. The Kier molecular flexibility index (Phi) is 6.68. The summed E-state index contributed by atoms with van der Waals surface area (Å²) in [7, 11) is 0. The maximum atomic E-state index is 11.3. The second-order valence-corrected chi connectivity index (χ2v) is 5.40. The normalized spacial score (nSPS) is 11.2. The number of pyridine rings is 1. The van der Waals surface area contributed by atoms with Crippen LogP contribution in [0.4, 0.5) is 5.95 Å². The molecule has 3 aromatic heterocycles. The van der Waals surface area contributed by atoms with E-state index in [1.807, 2.05) is 19.1 Å². The highest BCUT2D eigenvalue weighted by molar-refractivity contribution is 7.17. The molecule has 0 spiro atoms. The van der Waals surface area contributed by atoms with E-state index in [1.54, 1.807) is 23.8 Å². The van der Waals surface area contributed by atoms with E-state index < -0.39 is 5.97 Å². The van der Waals surface area contributed by atoms with E-state index >= 15 is 0 Å². The average molecular weight is 373 g/mol. The Balaban J connectivity index is 0.00000132. The van der Waals surface area contributed by atoms with Gasteiger partial charge in [-0.2, -0.15) is 0 Å². The molecule has 1 atom stereocenters. The summed E-state index contributed by atoms with van der Waals surface area (Å²) in [6.45, 7) is 1.94. The molecule has 0 bridgehead atoms. The zero-order chi connectivity index (χ0) is 14.8. The van der Waals surface area contributed by atoms with Gasteiger partial charge < -0.3 is 10.4 Å². The Morgan fingerprint density at radius 2 is 2.09 bits per heavy atom. The lowest BCUT2D eigenvalue weighted by Crippen LogP contribution is -2.12. The van der Waals surface area contributed by atoms with E-state index in [0.717, 1.165) is 5.56 Å². The Hall–Kier alpha value is -1.96. The topological polar surface area (TPSA) is 88.0 Å². The van der Waals surface area contributed by atoms with E-state index in [1.165, 1.54) is 11.3 Å². The van der Waals surface area contributed by atoms with Gasteiger partial charge >= 0.3 is 5.97 Å². The van der Waals surface area contributed by atoms with Gasteiger partial charge in [-0.1, -0.05) is 6.07 Å². The van der Waals surface area contributed by atoms with Gasteiger partial charge in [0.1, 0.15) is 0 Å². The van der Waals surface area contributed by atoms with E-state index in [-0.39, 0.29) is 36.5 Å². The van der Waals surface area contributed by atoms with Gasteiger partial charge in [0, 0.05) is 12.4 Å². The fraction of sp³-hybridized carbons (Fsp3) is 0.143. The molecule has 0 saturated carbocycles. The minimum atomic E-state index is -1.05. The Morgan fingerprint density at radius 1 is 1.30 bits per heavy atom. The van der Waals surface area contributed by atoms with Crippen molar-refractivity contribution in [1.29, 1.82) is 0 Å². The van der Waals surface area contributed by atoms with Gasteiger partial charge in [-0.05, 0) is 30.0 Å². The van der Waals surface area contributed by atoms with Crippen molar-refractivity contribution in [1.82, 2.24) is 15.0 Å². The van der Waals surface area contributed by atoms with Crippen molar-refractivity contribution in [3.63, 3.8) is 0 Å². The van der Waals surface area contributed by atoms with Crippen molar-refractivity contribution < 1.29 is 9.90 Å². The minimum Gasteiger partial charge on any atom is -0.476 e. The summed E-state index contributed by atoms with van der Waals surface area (Å²) < 4.78 is 0.585. The van der Waals surface area contributed by atoms with Crippen LogP contribution in [0.1, 0.15) is 29.0 Å². The largest absolute Gasteiger partial charge is 0.476 e. The number of nitrogens with one attached hydrogen (secondary N) is 1. The van der Waals surface area contributed by atoms with Gasteiger partial charge in [-0.15, -0.1) is 36.2 Å². The fourth-order valence-electron chi connectivity index (χ4n) is 1.98. The number of nitrogens with zero attached hydrogens (tertiary/aromatic N) is 3. The van der Waals surface area contributed by atoms with Crippen molar-refractivity contribution in [3.8, 4) is 0 Å². The standard InChI is InChI=1S/C14H12N4O2S.2ClH/c1-8(9-3-2-5-15-7-9)16-14-17-10-4-6-21-12(10)11(18-14)13(19)20;;/h2-8H,1H3,(H,19,20)(H,16,17,18);2*1H/t8-;;/m0../s1. The zero-order valence-corrected chi connectivity index (χ0v) is 14.4. The molecule has 0 amide bonds. The number of aromatic carboxylic acids is 1. The molecule has 0 unspecified atom stereocenters. The van der Waals surface area contributed by atoms with Crippen molar-refractivity contribution in [2.75, 3.05) is 5.32 Å². The van der Waals surface area contributed by atoms with Gasteiger partial charge in [-0.3, -0.25) is 4.98 Å². The molecule has 23 heavy (non-hydrogen) atoms. The van der Waals surface area contributed by atoms with E-state index in [0.29, 0.717) is 16.2 Å². The predicted octanol–water partition coefficient (Wildman–Crippen LogP) is 3.80. The minimum absolute atomic E-state index is 0. The van der Waals surface area contributed by atoms with Crippen LogP contribution in [0.15, 0.2) is 36.0 Å². The van der Waals surface area contributed by atoms with Crippen LogP contribution in [-0.4, -0.2) is 26.0 Å². The zero-order valence-electron chi connectivity index (χ0n) is 12.0. The number of thiophene rings is 1. The van der Waals surface area contributed by atoms with Gasteiger partial charge in [0.05, 0.1) is 16.3 Å². The average Bonchev–Trinajstić information content (AvgIpc) is 2.95. The van der Waals surface area contributed by atoms with Crippen LogP contribution >= 0.6 is 36.2 Å². The Bertz CT molecular complexity index is 798. The fourth-order valence-corrected chi connectivity index (χ4v) is 2.79. The van der Waals surface area contributed by atoms with Crippen molar-refractivity contribution in [3.05, 3.63) is 47.2 Å².